The van der Waals surface area contributed by atoms with Gasteiger partial charge < -0.3 is 0 Å². The monoisotopic (exact) mass is 186 g/mol. The number of rotatable bonds is 1. The molecule has 2 aliphatic rings. The van der Waals surface area contributed by atoms with Crippen LogP contribution in [0.5, 0.6) is 0 Å². The van der Waals surface area contributed by atoms with Gasteiger partial charge in [-0.25, -0.2) is 0 Å². The van der Waals surface area contributed by atoms with Crippen LogP contribution < -0.4 is 0 Å². The lowest BCUT2D eigenvalue weighted by atomic mass is 9.92. The Morgan fingerprint density at radius 3 is 2.29 bits per heavy atom. The van der Waals surface area contributed by atoms with E-state index in [4.69, 9.17) is 0 Å². The minimum atomic E-state index is 0.615. The normalized spacial score (nSPS) is 26.6. The van der Waals surface area contributed by atoms with Crippen LogP contribution in [0.1, 0.15) is 34.1 Å². The fourth-order valence-electron chi connectivity index (χ4n) is 2.49. The fraction of sp³-hybridized carbons (Fsp3) is 0.429. The van der Waals surface area contributed by atoms with Crippen molar-refractivity contribution in [1.29, 1.82) is 0 Å². The standard InChI is InChI=1S/C14H18/c1-9-10(2)12(4)14(11(9)3)13-7-5-6-8-13/h5,7-8,11H,6H2,1-4H3. The van der Waals surface area contributed by atoms with Gasteiger partial charge in [0.25, 0.3) is 0 Å². The van der Waals surface area contributed by atoms with Gasteiger partial charge in [-0.3, -0.25) is 0 Å². The molecule has 14 heavy (non-hydrogen) atoms. The summed E-state index contributed by atoms with van der Waals surface area (Å²) in [6.45, 7) is 9.07. The highest BCUT2D eigenvalue weighted by molar-refractivity contribution is 5.58. The summed E-state index contributed by atoms with van der Waals surface area (Å²) in [5.41, 5.74) is 7.53. The molecule has 0 radical (unpaired) electrons. The van der Waals surface area contributed by atoms with Gasteiger partial charge in [-0.1, -0.05) is 30.7 Å². The molecule has 0 N–H and O–H groups in total. The molecule has 0 aromatic rings. The van der Waals surface area contributed by atoms with Crippen molar-refractivity contribution in [2.24, 2.45) is 5.92 Å². The van der Waals surface area contributed by atoms with Crippen molar-refractivity contribution in [3.8, 4) is 0 Å². The minimum absolute atomic E-state index is 0.615. The molecule has 0 fully saturated rings. The second-order valence-electron chi connectivity index (χ2n) is 4.37. The summed E-state index contributed by atoms with van der Waals surface area (Å²) in [6.07, 6.45) is 7.95. The number of allylic oxidation sites excluding steroid dienone is 8. The van der Waals surface area contributed by atoms with Crippen molar-refractivity contribution in [3.05, 3.63) is 46.1 Å². The molecule has 0 spiro atoms. The molecule has 1 unspecified atom stereocenters. The zero-order valence-electron chi connectivity index (χ0n) is 9.52. The summed E-state index contributed by atoms with van der Waals surface area (Å²) >= 11 is 0. The van der Waals surface area contributed by atoms with E-state index < -0.39 is 0 Å². The molecule has 0 amide bonds. The van der Waals surface area contributed by atoms with Crippen molar-refractivity contribution < 1.29 is 0 Å². The van der Waals surface area contributed by atoms with Gasteiger partial charge in [0.15, 0.2) is 0 Å². The Balaban J connectivity index is 2.44. The molecule has 74 valence electrons. The van der Waals surface area contributed by atoms with Crippen LogP contribution in [0.15, 0.2) is 46.1 Å². The van der Waals surface area contributed by atoms with E-state index in [0.29, 0.717) is 5.92 Å². The summed E-state index contributed by atoms with van der Waals surface area (Å²) in [6, 6.07) is 0. The zero-order chi connectivity index (χ0) is 10.3. The first-order valence-corrected chi connectivity index (χ1v) is 5.38. The average Bonchev–Trinajstić information content (AvgIpc) is 2.73. The van der Waals surface area contributed by atoms with Gasteiger partial charge in [0.1, 0.15) is 0 Å². The highest BCUT2D eigenvalue weighted by Gasteiger charge is 2.25. The summed E-state index contributed by atoms with van der Waals surface area (Å²) in [7, 11) is 0. The van der Waals surface area contributed by atoms with Gasteiger partial charge in [0.2, 0.25) is 0 Å². The third-order valence-electron chi connectivity index (χ3n) is 3.72. The molecule has 0 heterocycles. The van der Waals surface area contributed by atoms with Crippen molar-refractivity contribution in [2.45, 2.75) is 34.1 Å². The van der Waals surface area contributed by atoms with Crippen LogP contribution in [-0.4, -0.2) is 0 Å². The maximum Gasteiger partial charge on any atom is 0.00314 e. The maximum atomic E-state index is 2.33. The maximum absolute atomic E-state index is 2.33. The average molecular weight is 186 g/mol. The molecule has 0 nitrogen and oxygen atoms in total. The van der Waals surface area contributed by atoms with E-state index in [1.54, 1.807) is 11.1 Å². The SMILES string of the molecule is CC1=C(C)C(C)C(C2=CCC=C2)=C1C. The van der Waals surface area contributed by atoms with E-state index in [1.807, 2.05) is 0 Å². The van der Waals surface area contributed by atoms with Crippen molar-refractivity contribution in [1.82, 2.24) is 0 Å². The molecule has 0 saturated heterocycles. The Morgan fingerprint density at radius 1 is 1.14 bits per heavy atom. The molecule has 0 bridgehead atoms. The third-order valence-corrected chi connectivity index (χ3v) is 3.72. The first-order chi connectivity index (χ1) is 6.63. The quantitative estimate of drug-likeness (QED) is 0.576. The molecule has 2 rings (SSSR count). The van der Waals surface area contributed by atoms with Crippen molar-refractivity contribution in [3.63, 3.8) is 0 Å². The summed E-state index contributed by atoms with van der Waals surface area (Å²) < 4.78 is 0. The van der Waals surface area contributed by atoms with Crippen LogP contribution in [0.3, 0.4) is 0 Å². The highest BCUT2D eigenvalue weighted by Crippen LogP contribution is 2.41. The van der Waals surface area contributed by atoms with Crippen LogP contribution in [-0.2, 0) is 0 Å². The summed E-state index contributed by atoms with van der Waals surface area (Å²) in [4.78, 5) is 0. The smallest absolute Gasteiger partial charge is 0.00314 e. The molecular formula is C14H18. The largest absolute Gasteiger partial charge is 0.0801 e. The second kappa shape index (κ2) is 3.27. The van der Waals surface area contributed by atoms with Gasteiger partial charge in [0.05, 0.1) is 0 Å². The van der Waals surface area contributed by atoms with E-state index >= 15 is 0 Å². The van der Waals surface area contributed by atoms with Gasteiger partial charge in [0, 0.05) is 5.92 Å². The summed E-state index contributed by atoms with van der Waals surface area (Å²) in [5.74, 6) is 0.615. The Hall–Kier alpha value is -1.04. The third kappa shape index (κ3) is 1.21. The molecule has 0 aliphatic heterocycles. The minimum Gasteiger partial charge on any atom is -0.0801 e. The first kappa shape index (κ1) is 9.51. The topological polar surface area (TPSA) is 0 Å². The van der Waals surface area contributed by atoms with E-state index in [2.05, 4.69) is 45.9 Å². The van der Waals surface area contributed by atoms with Crippen LogP contribution in [0.4, 0.5) is 0 Å². The number of hydrogen-bond donors (Lipinski definition) is 0. The van der Waals surface area contributed by atoms with Gasteiger partial charge >= 0.3 is 0 Å². The van der Waals surface area contributed by atoms with Crippen molar-refractivity contribution >= 4 is 0 Å². The van der Waals surface area contributed by atoms with Crippen LogP contribution >= 0.6 is 0 Å². The Morgan fingerprint density at radius 2 is 1.86 bits per heavy atom. The van der Waals surface area contributed by atoms with Crippen LogP contribution in [0, 0.1) is 5.92 Å². The second-order valence-corrected chi connectivity index (χ2v) is 4.37. The lowest BCUT2D eigenvalue weighted by Gasteiger charge is -2.12. The highest BCUT2D eigenvalue weighted by atomic mass is 14.3. The first-order valence-electron chi connectivity index (χ1n) is 5.38. The lowest BCUT2D eigenvalue weighted by molar-refractivity contribution is 0.828. The number of hydrogen-bond acceptors (Lipinski definition) is 0. The van der Waals surface area contributed by atoms with E-state index in [1.165, 1.54) is 16.7 Å². The van der Waals surface area contributed by atoms with E-state index in [0.717, 1.165) is 6.42 Å². The van der Waals surface area contributed by atoms with Crippen molar-refractivity contribution in [2.75, 3.05) is 0 Å². The fourth-order valence-corrected chi connectivity index (χ4v) is 2.49. The Kier molecular flexibility index (Phi) is 2.22. The zero-order valence-corrected chi connectivity index (χ0v) is 9.52. The van der Waals surface area contributed by atoms with Crippen LogP contribution in [0.25, 0.3) is 0 Å². The lowest BCUT2D eigenvalue weighted by Crippen LogP contribution is -1.98. The molecule has 1 atom stereocenters. The molecule has 0 saturated carbocycles. The molecule has 2 aliphatic carbocycles. The van der Waals surface area contributed by atoms with Crippen LogP contribution in [0.2, 0.25) is 0 Å². The predicted octanol–water partition coefficient (Wildman–Crippen LogP) is 4.18. The van der Waals surface area contributed by atoms with E-state index in [-0.39, 0.29) is 0 Å². The van der Waals surface area contributed by atoms with E-state index in [9.17, 15) is 0 Å². The summed E-state index contributed by atoms with van der Waals surface area (Å²) in [5, 5.41) is 0. The van der Waals surface area contributed by atoms with Gasteiger partial charge in [-0.05, 0) is 49.5 Å². The predicted molar refractivity (Wildman–Crippen MR) is 62.1 cm³/mol. The molecule has 0 heteroatoms. The Labute approximate surface area is 86.7 Å². The van der Waals surface area contributed by atoms with Gasteiger partial charge in [-0.15, -0.1) is 0 Å². The molecule has 0 aromatic heterocycles. The molecule has 0 aromatic carbocycles. The molecular weight excluding hydrogens is 168 g/mol. The van der Waals surface area contributed by atoms with Gasteiger partial charge in [-0.2, -0.15) is 0 Å². The Bertz CT molecular complexity index is 386.